The van der Waals surface area contributed by atoms with Crippen LogP contribution in [0.2, 0.25) is 0 Å². The molecule has 2 aromatic rings. The highest BCUT2D eigenvalue weighted by molar-refractivity contribution is 6.10. The molecule has 0 N–H and O–H groups in total. The molecule has 2 amide bonds. The number of hydrogen-bond acceptors (Lipinski definition) is 2. The van der Waals surface area contributed by atoms with E-state index in [9.17, 15) is 9.59 Å². The minimum atomic E-state index is -0.587. The first-order valence-corrected chi connectivity index (χ1v) is 9.15. The predicted molar refractivity (Wildman–Crippen MR) is 102 cm³/mol. The molecule has 0 bridgehead atoms. The lowest BCUT2D eigenvalue weighted by Crippen LogP contribution is -2.45. The molecule has 0 spiro atoms. The SMILES string of the molecule is Cc1ccc2c(c1)C(C)(C)C(=O)N2CC(=O)N1CCc2ccccc2C1. The van der Waals surface area contributed by atoms with Crippen molar-refractivity contribution in [3.63, 3.8) is 0 Å². The molecule has 26 heavy (non-hydrogen) atoms. The molecular weight excluding hydrogens is 324 g/mol. The van der Waals surface area contributed by atoms with Crippen LogP contribution in [0.25, 0.3) is 0 Å². The van der Waals surface area contributed by atoms with Gasteiger partial charge in [-0.1, -0.05) is 42.0 Å². The molecule has 0 unspecified atom stereocenters. The van der Waals surface area contributed by atoms with Crippen molar-refractivity contribution in [1.29, 1.82) is 0 Å². The molecule has 0 radical (unpaired) electrons. The lowest BCUT2D eigenvalue weighted by atomic mass is 9.85. The topological polar surface area (TPSA) is 40.6 Å². The molecule has 4 nitrogen and oxygen atoms in total. The number of carbonyl (C=O) groups excluding carboxylic acids is 2. The second kappa shape index (κ2) is 5.97. The third-order valence-corrected chi connectivity index (χ3v) is 5.67. The van der Waals surface area contributed by atoms with Gasteiger partial charge < -0.3 is 9.80 Å². The zero-order chi connectivity index (χ0) is 18.5. The first-order chi connectivity index (χ1) is 12.4. The number of aryl methyl sites for hydroxylation is 1. The van der Waals surface area contributed by atoms with Gasteiger partial charge in [0.15, 0.2) is 0 Å². The number of nitrogens with zero attached hydrogens (tertiary/aromatic N) is 2. The molecule has 2 heterocycles. The van der Waals surface area contributed by atoms with E-state index in [1.54, 1.807) is 4.90 Å². The fourth-order valence-electron chi connectivity index (χ4n) is 4.05. The van der Waals surface area contributed by atoms with E-state index < -0.39 is 5.41 Å². The normalized spacial score (nSPS) is 17.9. The minimum Gasteiger partial charge on any atom is -0.336 e. The van der Waals surface area contributed by atoms with E-state index >= 15 is 0 Å². The first kappa shape index (κ1) is 16.8. The highest BCUT2D eigenvalue weighted by atomic mass is 16.2. The molecule has 2 aliphatic rings. The Balaban J connectivity index is 1.57. The van der Waals surface area contributed by atoms with Crippen LogP contribution < -0.4 is 4.90 Å². The quantitative estimate of drug-likeness (QED) is 0.836. The molecule has 0 aromatic heterocycles. The smallest absolute Gasteiger partial charge is 0.242 e. The van der Waals surface area contributed by atoms with Gasteiger partial charge in [0.05, 0.1) is 5.41 Å². The summed E-state index contributed by atoms with van der Waals surface area (Å²) in [6.07, 6.45) is 0.872. The Labute approximate surface area is 154 Å². The Bertz CT molecular complexity index is 901. The number of benzene rings is 2. The average molecular weight is 348 g/mol. The molecule has 0 saturated heterocycles. The van der Waals surface area contributed by atoms with Crippen LogP contribution in [0.4, 0.5) is 5.69 Å². The maximum absolute atomic E-state index is 13.0. The molecule has 134 valence electrons. The summed E-state index contributed by atoms with van der Waals surface area (Å²) >= 11 is 0. The summed E-state index contributed by atoms with van der Waals surface area (Å²) in [5, 5.41) is 0. The van der Waals surface area contributed by atoms with E-state index in [1.807, 2.05) is 49.9 Å². The van der Waals surface area contributed by atoms with Gasteiger partial charge in [-0.25, -0.2) is 0 Å². The fraction of sp³-hybridized carbons (Fsp3) is 0.364. The average Bonchev–Trinajstić information content (AvgIpc) is 2.82. The van der Waals surface area contributed by atoms with E-state index in [0.717, 1.165) is 23.2 Å². The van der Waals surface area contributed by atoms with Crippen LogP contribution in [0.1, 0.15) is 36.1 Å². The highest BCUT2D eigenvalue weighted by Gasteiger charge is 2.44. The fourth-order valence-corrected chi connectivity index (χ4v) is 4.05. The second-order valence-electron chi connectivity index (χ2n) is 7.87. The van der Waals surface area contributed by atoms with Crippen molar-refractivity contribution in [2.75, 3.05) is 18.0 Å². The number of rotatable bonds is 2. The van der Waals surface area contributed by atoms with Gasteiger partial charge in [-0.2, -0.15) is 0 Å². The summed E-state index contributed by atoms with van der Waals surface area (Å²) in [5.74, 6) is 0.0148. The van der Waals surface area contributed by atoms with Gasteiger partial charge in [0, 0.05) is 18.8 Å². The van der Waals surface area contributed by atoms with Crippen molar-refractivity contribution < 1.29 is 9.59 Å². The lowest BCUT2D eigenvalue weighted by molar-refractivity contribution is -0.132. The Morgan fingerprint density at radius 1 is 1.12 bits per heavy atom. The van der Waals surface area contributed by atoms with Crippen molar-refractivity contribution in [2.45, 2.75) is 39.2 Å². The predicted octanol–water partition coefficient (Wildman–Crippen LogP) is 3.20. The highest BCUT2D eigenvalue weighted by Crippen LogP contribution is 2.41. The standard InChI is InChI=1S/C22H24N2O2/c1-15-8-9-19-18(12-15)22(2,3)21(26)24(19)14-20(25)23-11-10-16-6-4-5-7-17(16)13-23/h4-9,12H,10-11,13-14H2,1-3H3. The van der Waals surface area contributed by atoms with Crippen LogP contribution in [0.5, 0.6) is 0 Å². The van der Waals surface area contributed by atoms with E-state index in [0.29, 0.717) is 13.1 Å². The molecule has 0 aliphatic carbocycles. The van der Waals surface area contributed by atoms with Crippen LogP contribution in [-0.4, -0.2) is 29.8 Å². The van der Waals surface area contributed by atoms with Crippen LogP contribution in [0, 0.1) is 6.92 Å². The summed E-state index contributed by atoms with van der Waals surface area (Å²) in [6, 6.07) is 14.3. The monoisotopic (exact) mass is 348 g/mol. The lowest BCUT2D eigenvalue weighted by Gasteiger charge is -2.30. The van der Waals surface area contributed by atoms with Gasteiger partial charge >= 0.3 is 0 Å². The van der Waals surface area contributed by atoms with Gasteiger partial charge in [-0.15, -0.1) is 0 Å². The van der Waals surface area contributed by atoms with Crippen LogP contribution in [0.15, 0.2) is 42.5 Å². The number of fused-ring (bicyclic) bond motifs is 2. The summed E-state index contributed by atoms with van der Waals surface area (Å²) < 4.78 is 0. The summed E-state index contributed by atoms with van der Waals surface area (Å²) in [4.78, 5) is 29.4. The number of carbonyl (C=O) groups is 2. The van der Waals surface area contributed by atoms with E-state index in [-0.39, 0.29) is 18.4 Å². The molecular formula is C22H24N2O2. The number of anilines is 1. The Kier molecular flexibility index (Phi) is 3.87. The zero-order valence-corrected chi connectivity index (χ0v) is 15.6. The largest absolute Gasteiger partial charge is 0.336 e. The number of hydrogen-bond donors (Lipinski definition) is 0. The molecule has 0 atom stereocenters. The Hall–Kier alpha value is -2.62. The molecule has 0 fully saturated rings. The molecule has 4 heteroatoms. The van der Waals surface area contributed by atoms with Crippen molar-refractivity contribution in [1.82, 2.24) is 4.90 Å². The third-order valence-electron chi connectivity index (χ3n) is 5.67. The van der Waals surface area contributed by atoms with E-state index in [1.165, 1.54) is 11.1 Å². The maximum Gasteiger partial charge on any atom is 0.242 e. The molecule has 2 aliphatic heterocycles. The molecule has 0 saturated carbocycles. The Morgan fingerprint density at radius 3 is 2.62 bits per heavy atom. The van der Waals surface area contributed by atoms with Crippen molar-refractivity contribution in [2.24, 2.45) is 0 Å². The number of amides is 2. The van der Waals surface area contributed by atoms with Crippen molar-refractivity contribution in [3.8, 4) is 0 Å². The summed E-state index contributed by atoms with van der Waals surface area (Å²) in [5.41, 5.74) is 4.95. The van der Waals surface area contributed by atoms with Crippen LogP contribution >= 0.6 is 0 Å². The third kappa shape index (κ3) is 2.61. The first-order valence-electron chi connectivity index (χ1n) is 9.15. The van der Waals surface area contributed by atoms with Crippen molar-refractivity contribution >= 4 is 17.5 Å². The van der Waals surface area contributed by atoms with Gasteiger partial charge in [0.2, 0.25) is 11.8 Å². The molecule has 4 rings (SSSR count). The van der Waals surface area contributed by atoms with Crippen LogP contribution in [0.3, 0.4) is 0 Å². The van der Waals surface area contributed by atoms with Gasteiger partial charge in [0.25, 0.3) is 0 Å². The van der Waals surface area contributed by atoms with Gasteiger partial charge in [-0.3, -0.25) is 9.59 Å². The van der Waals surface area contributed by atoms with Crippen LogP contribution in [-0.2, 0) is 28.0 Å². The van der Waals surface area contributed by atoms with Crippen molar-refractivity contribution in [3.05, 3.63) is 64.7 Å². The van der Waals surface area contributed by atoms with E-state index in [2.05, 4.69) is 18.2 Å². The second-order valence-corrected chi connectivity index (χ2v) is 7.87. The summed E-state index contributed by atoms with van der Waals surface area (Å²) in [6.45, 7) is 7.36. The molecule has 2 aromatic carbocycles. The Morgan fingerprint density at radius 2 is 1.85 bits per heavy atom. The zero-order valence-electron chi connectivity index (χ0n) is 15.6. The van der Waals surface area contributed by atoms with E-state index in [4.69, 9.17) is 0 Å². The minimum absolute atomic E-state index is 0.00357. The summed E-state index contributed by atoms with van der Waals surface area (Å²) in [7, 11) is 0. The van der Waals surface area contributed by atoms with Gasteiger partial charge in [-0.05, 0) is 49.9 Å². The maximum atomic E-state index is 13.0. The van der Waals surface area contributed by atoms with Gasteiger partial charge in [0.1, 0.15) is 6.54 Å².